The number of alkyl halides is 3. The first-order chi connectivity index (χ1) is 26.8. The minimum atomic E-state index is -4.63. The molecule has 3 aromatic carbocycles. The number of urea groups is 2. The number of fused-ring (bicyclic) bond motifs is 2. The number of aryl methyl sites for hydroxylation is 1. The minimum absolute atomic E-state index is 0.0165. The number of anilines is 1. The Morgan fingerprint density at radius 1 is 1.04 bits per heavy atom. The number of imidazole rings is 1. The second kappa shape index (κ2) is 17.0. The van der Waals surface area contributed by atoms with Crippen LogP contribution in [-0.2, 0) is 25.6 Å². The van der Waals surface area contributed by atoms with Gasteiger partial charge in [-0.05, 0) is 44.0 Å². The second-order valence-electron chi connectivity index (χ2n) is 14.5. The van der Waals surface area contributed by atoms with Crippen LogP contribution in [0.15, 0.2) is 54.6 Å². The fraction of sp³-hybridized carbons (Fsp3) is 0.436. The van der Waals surface area contributed by atoms with Crippen LogP contribution in [0.5, 0.6) is 5.75 Å². The quantitative estimate of drug-likeness (QED) is 0.101. The number of hydrogen-bond donors (Lipinski definition) is 3. The molecule has 7 rings (SSSR count). The predicted molar refractivity (Wildman–Crippen MR) is 209 cm³/mol. The molecule has 0 spiro atoms. The number of carboxylic acid groups (broad SMARTS) is 1. The Labute approximate surface area is 335 Å². The molecule has 3 N–H and O–H groups in total. The maximum atomic E-state index is 14.2. The first-order valence-corrected chi connectivity index (χ1v) is 20.4. The maximum absolute atomic E-state index is 14.2. The van der Waals surface area contributed by atoms with Crippen molar-refractivity contribution >= 4 is 67.7 Å². The number of aromatic nitrogens is 2. The van der Waals surface area contributed by atoms with Crippen LogP contribution in [0.4, 0.5) is 33.2 Å². The summed E-state index contributed by atoms with van der Waals surface area (Å²) in [5.41, 5.74) is 2.39. The molecule has 298 valence electrons. The number of piperidine rings is 1. The molecule has 4 heterocycles. The molecule has 1 aromatic heterocycles. The van der Waals surface area contributed by atoms with E-state index in [4.69, 9.17) is 21.3 Å². The number of para-hydroxylation sites is 1. The average molecular weight is 858 g/mol. The summed E-state index contributed by atoms with van der Waals surface area (Å²) in [6, 6.07) is 13.5. The van der Waals surface area contributed by atoms with Gasteiger partial charge in [0.1, 0.15) is 0 Å². The molecule has 0 bridgehead atoms. The monoisotopic (exact) mass is 857 g/mol. The van der Waals surface area contributed by atoms with Crippen molar-refractivity contribution in [1.29, 1.82) is 0 Å². The van der Waals surface area contributed by atoms with Crippen molar-refractivity contribution in [2.45, 2.75) is 69.8 Å². The van der Waals surface area contributed by atoms with Crippen LogP contribution in [-0.4, -0.2) is 110 Å². The third-order valence-electron chi connectivity index (χ3n) is 10.9. The van der Waals surface area contributed by atoms with E-state index in [1.54, 1.807) is 11.0 Å². The van der Waals surface area contributed by atoms with Gasteiger partial charge in [0.2, 0.25) is 0 Å². The number of likely N-dealkylation sites (tertiary alicyclic amines) is 2. The summed E-state index contributed by atoms with van der Waals surface area (Å²) in [7, 11) is 0. The number of amides is 4. The van der Waals surface area contributed by atoms with Crippen molar-refractivity contribution in [3.63, 3.8) is 0 Å². The van der Waals surface area contributed by atoms with E-state index in [1.807, 2.05) is 33.7 Å². The molecule has 2 saturated heterocycles. The SMILES string of the molecule is O=C(O)Oc1ccc2c(c1)nc(C(Cc1cc(Cl)c([AsH2])c(C(F)(F)F)c1)NC(=O)N1CCC(N3CCc4ccccc4NC3=O)CC1)n2CCCN1CCCC1. The summed E-state index contributed by atoms with van der Waals surface area (Å²) in [5.74, 6) is 0.470. The van der Waals surface area contributed by atoms with Crippen molar-refractivity contribution in [3.05, 3.63) is 82.1 Å². The van der Waals surface area contributed by atoms with Crippen molar-refractivity contribution in [2.24, 2.45) is 0 Å². The van der Waals surface area contributed by atoms with Gasteiger partial charge in [0.05, 0.1) is 0 Å². The van der Waals surface area contributed by atoms with Gasteiger partial charge in [0.25, 0.3) is 0 Å². The number of nitrogens with zero attached hydrogens (tertiary/aromatic N) is 5. The Morgan fingerprint density at radius 3 is 2.52 bits per heavy atom. The zero-order valence-corrected chi connectivity index (χ0v) is 33.8. The fourth-order valence-corrected chi connectivity index (χ4v) is 9.02. The molecule has 4 aromatic rings. The molecule has 0 saturated carbocycles. The Bertz CT molecular complexity index is 2100. The number of hydrogen-bond acceptors (Lipinski definition) is 6. The van der Waals surface area contributed by atoms with Crippen LogP contribution in [0.25, 0.3) is 11.0 Å². The molecule has 2 unspecified atom stereocenters. The zero-order valence-electron chi connectivity index (χ0n) is 30.7. The molecule has 3 aliphatic heterocycles. The molecule has 2 atom stereocenters. The molecule has 0 radical (unpaired) electrons. The summed E-state index contributed by atoms with van der Waals surface area (Å²) in [6.45, 7) is 4.61. The molecule has 0 aliphatic carbocycles. The van der Waals surface area contributed by atoms with E-state index < -0.39 is 30.0 Å². The smallest absolute Gasteiger partial charge is 0.0392 e. The molecular weight excluding hydrogens is 814 g/mol. The van der Waals surface area contributed by atoms with Crippen LogP contribution in [0, 0.1) is 0 Å². The first kappa shape index (κ1) is 39.8. The van der Waals surface area contributed by atoms with Crippen molar-refractivity contribution in [1.82, 2.24) is 29.6 Å². The second-order valence-corrected chi connectivity index (χ2v) is 16.2. The Balaban J connectivity index is 1.16. The van der Waals surface area contributed by atoms with Crippen molar-refractivity contribution in [3.8, 4) is 5.75 Å². The van der Waals surface area contributed by atoms with E-state index in [0.717, 1.165) is 73.1 Å². The van der Waals surface area contributed by atoms with Gasteiger partial charge in [0.15, 0.2) is 0 Å². The first-order valence-electron chi connectivity index (χ1n) is 18.8. The van der Waals surface area contributed by atoms with E-state index in [0.29, 0.717) is 62.3 Å². The number of nitrogens with one attached hydrogen (secondary N) is 2. The van der Waals surface area contributed by atoms with Crippen molar-refractivity contribution < 1.29 is 37.4 Å². The van der Waals surface area contributed by atoms with Gasteiger partial charge < -0.3 is 15.3 Å². The summed E-state index contributed by atoms with van der Waals surface area (Å²) >= 11 is 7.16. The molecule has 17 heteroatoms. The molecule has 56 heavy (non-hydrogen) atoms. The number of ether oxygens (including phenoxy) is 1. The summed E-state index contributed by atoms with van der Waals surface area (Å²) in [4.78, 5) is 49.5. The van der Waals surface area contributed by atoms with E-state index in [9.17, 15) is 32.7 Å². The van der Waals surface area contributed by atoms with Gasteiger partial charge in [-0.2, -0.15) is 0 Å². The summed E-state index contributed by atoms with van der Waals surface area (Å²) in [6.07, 6.45) is -1.35. The Morgan fingerprint density at radius 2 is 1.79 bits per heavy atom. The van der Waals surface area contributed by atoms with Crippen LogP contribution >= 0.6 is 11.6 Å². The molecular formula is C39H44AsClF3N7O5. The third-order valence-corrected chi connectivity index (χ3v) is 12.9. The van der Waals surface area contributed by atoms with Gasteiger partial charge in [-0.1, -0.05) is 18.2 Å². The predicted octanol–water partition coefficient (Wildman–Crippen LogP) is 6.06. The van der Waals surface area contributed by atoms with Crippen LogP contribution in [0.3, 0.4) is 0 Å². The average Bonchev–Trinajstić information content (AvgIpc) is 3.76. The molecule has 3 aliphatic rings. The zero-order chi connectivity index (χ0) is 39.6. The molecule has 12 nitrogen and oxygen atoms in total. The van der Waals surface area contributed by atoms with Crippen LogP contribution in [0.1, 0.15) is 60.7 Å². The Kier molecular flexibility index (Phi) is 12.0. The normalized spacial score (nSPS) is 17.4. The number of benzene rings is 3. The molecule has 2 fully saturated rings. The minimum Gasteiger partial charge on any atom is -0.0392 e. The standard InChI is InChI=1S/C39H44AsClF3N7O5/c40-34-28(39(42,43)44)20-24(21-29(34)41)22-32(35-45-31-23-27(56-38(54)55)8-9-33(31)51(35)16-5-15-48-13-3-4-14-48)47-36(52)49-17-11-26(12-18-49)50-19-10-25-6-1-2-7-30(25)46-37(50)53/h1-2,6-9,20-21,23,26,32H,3-5,10-19,22,40H2,(H,46,53)(H,47,52)(H,54,55). The topological polar surface area (TPSA) is 132 Å². The number of carbonyl (C=O) groups is 3. The van der Waals surface area contributed by atoms with Gasteiger partial charge >= 0.3 is 238 Å². The summed E-state index contributed by atoms with van der Waals surface area (Å²) < 4.78 is 49.4. The van der Waals surface area contributed by atoms with E-state index in [2.05, 4.69) is 15.5 Å². The van der Waals surface area contributed by atoms with Gasteiger partial charge in [-0.15, -0.1) is 0 Å². The Hall–Kier alpha value is -4.46. The van der Waals surface area contributed by atoms with Gasteiger partial charge in [0, 0.05) is 12.2 Å². The number of carbonyl (C=O) groups excluding carboxylic acids is 2. The number of rotatable bonds is 10. The van der Waals surface area contributed by atoms with E-state index in [1.165, 1.54) is 18.2 Å². The van der Waals surface area contributed by atoms with E-state index >= 15 is 0 Å². The van der Waals surface area contributed by atoms with Crippen LogP contribution < -0.4 is 19.7 Å². The van der Waals surface area contributed by atoms with E-state index in [-0.39, 0.29) is 39.2 Å². The van der Waals surface area contributed by atoms with Gasteiger partial charge in [-0.3, -0.25) is 0 Å². The van der Waals surface area contributed by atoms with Crippen molar-refractivity contribution in [2.75, 3.05) is 44.6 Å². The molecule has 4 amide bonds. The van der Waals surface area contributed by atoms with Gasteiger partial charge in [-0.25, -0.2) is 9.59 Å². The summed E-state index contributed by atoms with van der Waals surface area (Å²) in [5, 5.41) is 15.4. The van der Waals surface area contributed by atoms with Crippen LogP contribution in [0.2, 0.25) is 5.02 Å². The number of halogens is 4. The third kappa shape index (κ3) is 9.05. The fourth-order valence-electron chi connectivity index (χ4n) is 8.08.